The normalized spacial score (nSPS) is 10.9. The van der Waals surface area contributed by atoms with Crippen molar-refractivity contribution in [2.24, 2.45) is 0 Å². The first-order chi connectivity index (χ1) is 26.3. The van der Waals surface area contributed by atoms with Crippen molar-refractivity contribution in [1.82, 2.24) is 4.57 Å². The monoisotopic (exact) mass is 811 g/mol. The minimum Gasteiger partial charge on any atom is -1.00 e. The number of unbranched alkanes of at least 4 members (excludes halogenated alkanes) is 4. The van der Waals surface area contributed by atoms with Gasteiger partial charge in [0.15, 0.2) is 12.4 Å². The zero-order chi connectivity index (χ0) is 38.0. The van der Waals surface area contributed by atoms with Crippen LogP contribution in [-0.2, 0) is 6.54 Å². The summed E-state index contributed by atoms with van der Waals surface area (Å²) in [7, 11) is 3.06. The van der Waals surface area contributed by atoms with Gasteiger partial charge in [0.2, 0.25) is 5.43 Å². The maximum atomic E-state index is 14.2. The number of rotatable bonds is 16. The van der Waals surface area contributed by atoms with E-state index in [9.17, 15) is 18.4 Å². The second kappa shape index (κ2) is 19.2. The Morgan fingerprint density at radius 1 is 0.745 bits per heavy atom. The minimum atomic E-state index is -0.830. The molecule has 2 heterocycles. The summed E-state index contributed by atoms with van der Waals surface area (Å²) in [6.45, 7) is 3.21. The summed E-state index contributed by atoms with van der Waals surface area (Å²) in [6, 6.07) is 27.9. The van der Waals surface area contributed by atoms with Crippen molar-refractivity contribution in [2.45, 2.75) is 45.6 Å². The van der Waals surface area contributed by atoms with Crippen molar-refractivity contribution in [1.29, 1.82) is 0 Å². The number of fused-ring (bicyclic) bond motifs is 1. The molecule has 11 heteroatoms. The number of anilines is 1. The topological polar surface area (TPSA) is 73.9 Å². The lowest BCUT2D eigenvalue weighted by Crippen LogP contribution is -3.00. The van der Waals surface area contributed by atoms with Crippen molar-refractivity contribution in [3.8, 4) is 34.1 Å². The molecule has 8 nitrogen and oxygen atoms in total. The molecule has 55 heavy (non-hydrogen) atoms. The first kappa shape index (κ1) is 40.6. The van der Waals surface area contributed by atoms with Gasteiger partial charge in [-0.2, -0.15) is 0 Å². The molecule has 0 radical (unpaired) electrons. The number of nitrogens with zero attached hydrogens (tertiary/aromatic N) is 3. The Kier molecular flexibility index (Phi) is 14.2. The molecule has 0 fully saturated rings. The SMILES string of the molecule is CCN(C(=O)c1cn(-c2cc(OC)cc(OC)c2)c2cc(OCCCCCCC[n+]3ccc(-c4ccccc4)cc3)ccc2c1=O)c1cc(F)cc(F)c1.[Br-]. The number of halogens is 3. The maximum absolute atomic E-state index is 14.2. The third kappa shape index (κ3) is 9.96. The summed E-state index contributed by atoms with van der Waals surface area (Å²) < 4.78 is 49.4. The lowest BCUT2D eigenvalue weighted by Gasteiger charge is -2.22. The number of aromatic nitrogens is 2. The van der Waals surface area contributed by atoms with E-state index in [0.717, 1.165) is 56.8 Å². The molecule has 6 aromatic rings. The summed E-state index contributed by atoms with van der Waals surface area (Å²) >= 11 is 0. The average molecular weight is 813 g/mol. The van der Waals surface area contributed by atoms with E-state index in [0.29, 0.717) is 35.1 Å². The molecule has 0 aliphatic heterocycles. The van der Waals surface area contributed by atoms with Gasteiger partial charge in [-0.05, 0) is 55.2 Å². The molecule has 0 unspecified atom stereocenters. The van der Waals surface area contributed by atoms with E-state index in [-0.39, 0.29) is 40.2 Å². The third-order valence-electron chi connectivity index (χ3n) is 9.37. The molecule has 0 spiro atoms. The standard InChI is InChI=1S/C44H44F2N3O5.BrH/c1-4-48(35-24-33(45)23-34(46)25-35)44(51)41-30-49(36-26-38(52-2)28-39(27-36)53-3)42-29-37(15-16-40(42)43(41)50)54-22-12-7-5-6-11-19-47-20-17-32(18-21-47)31-13-9-8-10-14-31;/h8-10,13-18,20-21,23-30H,4-7,11-12,19,22H2,1-3H3;1H/q+1;/p-1. The van der Waals surface area contributed by atoms with Gasteiger partial charge in [-0.15, -0.1) is 0 Å². The summed E-state index contributed by atoms with van der Waals surface area (Å²) in [5.74, 6) is -0.780. The highest BCUT2D eigenvalue weighted by molar-refractivity contribution is 6.07. The van der Waals surface area contributed by atoms with Crippen LogP contribution in [0.4, 0.5) is 14.5 Å². The Bertz CT molecular complexity index is 2240. The summed E-state index contributed by atoms with van der Waals surface area (Å²) in [6.07, 6.45) is 10.9. The van der Waals surface area contributed by atoms with E-state index in [1.165, 1.54) is 36.4 Å². The number of methoxy groups -OCH3 is 2. The number of amides is 1. The molecule has 0 bridgehead atoms. The fourth-order valence-corrected chi connectivity index (χ4v) is 6.52. The van der Waals surface area contributed by atoms with E-state index in [1.54, 1.807) is 47.9 Å². The molecule has 0 atom stereocenters. The van der Waals surface area contributed by atoms with Crippen LogP contribution in [0.2, 0.25) is 0 Å². The number of carbonyl (C=O) groups is 1. The molecule has 0 N–H and O–H groups in total. The predicted molar refractivity (Wildman–Crippen MR) is 207 cm³/mol. The van der Waals surface area contributed by atoms with Gasteiger partial charge in [-0.25, -0.2) is 13.3 Å². The van der Waals surface area contributed by atoms with Crippen molar-refractivity contribution in [3.05, 3.63) is 143 Å². The molecule has 1 amide bonds. The number of aryl methyl sites for hydroxylation is 1. The van der Waals surface area contributed by atoms with Gasteiger partial charge in [-0.3, -0.25) is 9.59 Å². The number of benzene rings is 4. The molecular weight excluding hydrogens is 768 g/mol. The number of carbonyl (C=O) groups excluding carboxylic acids is 1. The molecule has 0 aliphatic rings. The number of ether oxygens (including phenoxy) is 3. The zero-order valence-corrected chi connectivity index (χ0v) is 32.7. The molecule has 0 aliphatic carbocycles. The van der Waals surface area contributed by atoms with Gasteiger partial charge in [0, 0.05) is 72.7 Å². The van der Waals surface area contributed by atoms with Crippen LogP contribution in [0.25, 0.3) is 27.7 Å². The fourth-order valence-electron chi connectivity index (χ4n) is 6.52. The van der Waals surface area contributed by atoms with Crippen molar-refractivity contribution in [3.63, 3.8) is 0 Å². The van der Waals surface area contributed by atoms with Crippen molar-refractivity contribution >= 4 is 22.5 Å². The third-order valence-corrected chi connectivity index (χ3v) is 9.37. The van der Waals surface area contributed by atoms with Crippen LogP contribution in [0.5, 0.6) is 17.2 Å². The van der Waals surface area contributed by atoms with Crippen molar-refractivity contribution in [2.75, 3.05) is 32.3 Å². The summed E-state index contributed by atoms with van der Waals surface area (Å²) in [5, 5.41) is 0.268. The lowest BCUT2D eigenvalue weighted by molar-refractivity contribution is -0.697. The van der Waals surface area contributed by atoms with Crippen LogP contribution in [0.3, 0.4) is 0 Å². The van der Waals surface area contributed by atoms with Gasteiger partial charge in [0.25, 0.3) is 5.91 Å². The Balaban J connectivity index is 0.00000580. The van der Waals surface area contributed by atoms with Gasteiger partial charge in [0.1, 0.15) is 41.0 Å². The summed E-state index contributed by atoms with van der Waals surface area (Å²) in [4.78, 5) is 29.1. The van der Waals surface area contributed by atoms with Crippen LogP contribution in [-0.4, -0.2) is 37.8 Å². The molecule has 286 valence electrons. The molecule has 4 aromatic carbocycles. The van der Waals surface area contributed by atoms with Crippen LogP contribution < -0.4 is 46.1 Å². The lowest BCUT2D eigenvalue weighted by atomic mass is 10.1. The van der Waals surface area contributed by atoms with Crippen LogP contribution in [0.1, 0.15) is 49.4 Å². The highest BCUT2D eigenvalue weighted by Gasteiger charge is 2.24. The quantitative estimate of drug-likeness (QED) is 0.0895. The minimum absolute atomic E-state index is 0. The van der Waals surface area contributed by atoms with E-state index >= 15 is 0 Å². The smallest absolute Gasteiger partial charge is 0.263 e. The van der Waals surface area contributed by atoms with Crippen LogP contribution in [0.15, 0.2) is 120 Å². The molecule has 2 aromatic heterocycles. The van der Waals surface area contributed by atoms with Crippen LogP contribution >= 0.6 is 0 Å². The van der Waals surface area contributed by atoms with Crippen molar-refractivity contribution < 1.29 is 49.3 Å². The number of hydrogen-bond donors (Lipinski definition) is 0. The van der Waals surface area contributed by atoms with E-state index in [2.05, 4.69) is 53.4 Å². The fraction of sp³-hybridized carbons (Fsp3) is 0.250. The highest BCUT2D eigenvalue weighted by Crippen LogP contribution is 2.30. The Labute approximate surface area is 330 Å². The Hall–Kier alpha value is -5.55. The molecular formula is C44H44BrF2N3O5. The average Bonchev–Trinajstić information content (AvgIpc) is 3.19. The number of pyridine rings is 2. The highest BCUT2D eigenvalue weighted by atomic mass is 79.9. The first-order valence-electron chi connectivity index (χ1n) is 18.2. The van der Waals surface area contributed by atoms with E-state index < -0.39 is 23.0 Å². The molecule has 0 saturated carbocycles. The first-order valence-corrected chi connectivity index (χ1v) is 18.2. The zero-order valence-electron chi connectivity index (χ0n) is 31.1. The van der Waals surface area contributed by atoms with Crippen LogP contribution in [0, 0.1) is 11.6 Å². The summed E-state index contributed by atoms with van der Waals surface area (Å²) in [5.41, 5.74) is 2.80. The Morgan fingerprint density at radius 2 is 1.38 bits per heavy atom. The maximum Gasteiger partial charge on any atom is 0.263 e. The van der Waals surface area contributed by atoms with Gasteiger partial charge >= 0.3 is 0 Å². The Morgan fingerprint density at radius 3 is 2.04 bits per heavy atom. The predicted octanol–water partition coefficient (Wildman–Crippen LogP) is 5.94. The van der Waals surface area contributed by atoms with Gasteiger partial charge < -0.3 is 40.7 Å². The second-order valence-electron chi connectivity index (χ2n) is 13.0. The van der Waals surface area contributed by atoms with E-state index in [4.69, 9.17) is 14.2 Å². The van der Waals surface area contributed by atoms with Gasteiger partial charge in [0.05, 0.1) is 32.0 Å². The number of hydrogen-bond acceptors (Lipinski definition) is 5. The molecule has 6 rings (SSSR count). The largest absolute Gasteiger partial charge is 1.00 e. The van der Waals surface area contributed by atoms with E-state index in [1.807, 2.05) is 6.07 Å². The second-order valence-corrected chi connectivity index (χ2v) is 13.0. The van der Waals surface area contributed by atoms with Gasteiger partial charge in [-0.1, -0.05) is 43.2 Å². The molecule has 0 saturated heterocycles.